The van der Waals surface area contributed by atoms with Crippen LogP contribution >= 0.6 is 11.3 Å². The van der Waals surface area contributed by atoms with E-state index in [-0.39, 0.29) is 11.5 Å². The van der Waals surface area contributed by atoms with Crippen LogP contribution in [0.2, 0.25) is 0 Å². The normalized spacial score (nSPS) is 10.4. The third kappa shape index (κ3) is 3.84. The molecule has 0 bridgehead atoms. The Bertz CT molecular complexity index is 720. The van der Waals surface area contributed by atoms with E-state index in [0.29, 0.717) is 22.1 Å². The lowest BCUT2D eigenvalue weighted by Gasteiger charge is -2.14. The van der Waals surface area contributed by atoms with Crippen molar-refractivity contribution in [2.75, 3.05) is 33.6 Å². The lowest BCUT2D eigenvalue weighted by molar-refractivity contribution is 0.0858. The number of rotatable bonds is 6. The van der Waals surface area contributed by atoms with Crippen molar-refractivity contribution in [1.82, 2.24) is 10.4 Å². The number of nitrogens with zero attached hydrogens (tertiary/aromatic N) is 1. The molecule has 1 aromatic heterocycles. The Morgan fingerprint density at radius 2 is 1.67 bits per heavy atom. The van der Waals surface area contributed by atoms with Gasteiger partial charge in [-0.15, -0.1) is 11.3 Å². The van der Waals surface area contributed by atoms with E-state index in [1.54, 1.807) is 43.7 Å². The Morgan fingerprint density at radius 3 is 2.21 bits per heavy atom. The van der Waals surface area contributed by atoms with Crippen LogP contribution in [-0.2, 0) is 0 Å². The van der Waals surface area contributed by atoms with Crippen LogP contribution < -0.4 is 20.2 Å². The quantitative estimate of drug-likeness (QED) is 0.782. The Balaban J connectivity index is 2.29. The van der Waals surface area contributed by atoms with Gasteiger partial charge in [-0.25, -0.2) is 5.01 Å². The van der Waals surface area contributed by atoms with Gasteiger partial charge in [0.15, 0.2) is 0 Å². The van der Waals surface area contributed by atoms with Crippen LogP contribution in [0.4, 0.5) is 5.00 Å². The summed E-state index contributed by atoms with van der Waals surface area (Å²) in [5.74, 6) is 0.0691. The number of methoxy groups -OCH3 is 2. The summed E-state index contributed by atoms with van der Waals surface area (Å²) < 4.78 is 10.5. The number of hydrogen-bond acceptors (Lipinski definition) is 6. The van der Waals surface area contributed by atoms with Crippen molar-refractivity contribution in [3.05, 3.63) is 40.8 Å². The standard InChI is InChI=1S/C16H19N3O4S/c1-19(2)18-14(20)10-8-9-24-16(10)17-15(21)13-11(22-3)6-5-7-12(13)23-4/h5-9H,1-4H3,(H,17,21)(H,18,20). The SMILES string of the molecule is COc1cccc(OC)c1C(=O)Nc1sccc1C(=O)NN(C)C. The number of carbonyl (C=O) groups excluding carboxylic acids is 2. The van der Waals surface area contributed by atoms with E-state index in [0.717, 1.165) is 0 Å². The Labute approximate surface area is 144 Å². The second kappa shape index (κ2) is 7.80. The summed E-state index contributed by atoms with van der Waals surface area (Å²) in [5, 5.41) is 6.47. The van der Waals surface area contributed by atoms with E-state index in [4.69, 9.17) is 9.47 Å². The monoisotopic (exact) mass is 349 g/mol. The van der Waals surface area contributed by atoms with E-state index < -0.39 is 5.91 Å². The summed E-state index contributed by atoms with van der Waals surface area (Å²) in [5.41, 5.74) is 3.30. The number of hydrogen-bond donors (Lipinski definition) is 2. The molecule has 8 heteroatoms. The van der Waals surface area contributed by atoms with Crippen molar-refractivity contribution in [3.8, 4) is 11.5 Å². The molecule has 0 saturated carbocycles. The number of amides is 2. The number of benzene rings is 1. The topological polar surface area (TPSA) is 79.9 Å². The van der Waals surface area contributed by atoms with Gasteiger partial charge < -0.3 is 14.8 Å². The number of ether oxygens (including phenoxy) is 2. The molecular formula is C16H19N3O4S. The molecule has 2 rings (SSSR count). The zero-order valence-electron chi connectivity index (χ0n) is 13.9. The molecule has 0 spiro atoms. The minimum atomic E-state index is -0.411. The van der Waals surface area contributed by atoms with Crippen LogP contribution in [0.25, 0.3) is 0 Å². The molecular weight excluding hydrogens is 330 g/mol. The summed E-state index contributed by atoms with van der Waals surface area (Å²) in [6, 6.07) is 6.73. The number of hydrazine groups is 1. The smallest absolute Gasteiger partial charge is 0.268 e. The zero-order chi connectivity index (χ0) is 17.7. The van der Waals surface area contributed by atoms with E-state index >= 15 is 0 Å². The Morgan fingerprint density at radius 1 is 1.04 bits per heavy atom. The lowest BCUT2D eigenvalue weighted by atomic mass is 10.1. The molecule has 0 aliphatic carbocycles. The second-order valence-corrected chi connectivity index (χ2v) is 5.91. The molecule has 2 N–H and O–H groups in total. The summed E-state index contributed by atoms with van der Waals surface area (Å²) in [6.07, 6.45) is 0. The summed E-state index contributed by atoms with van der Waals surface area (Å²) in [6.45, 7) is 0. The Kier molecular flexibility index (Phi) is 5.78. The van der Waals surface area contributed by atoms with Crippen molar-refractivity contribution in [2.24, 2.45) is 0 Å². The fourth-order valence-electron chi connectivity index (χ4n) is 2.09. The highest BCUT2D eigenvalue weighted by atomic mass is 32.1. The van der Waals surface area contributed by atoms with E-state index in [1.165, 1.54) is 30.6 Å². The highest BCUT2D eigenvalue weighted by Gasteiger charge is 2.21. The van der Waals surface area contributed by atoms with Crippen LogP contribution in [0.1, 0.15) is 20.7 Å². The molecule has 0 saturated heterocycles. The van der Waals surface area contributed by atoms with E-state index in [2.05, 4.69) is 10.7 Å². The zero-order valence-corrected chi connectivity index (χ0v) is 14.7. The average Bonchev–Trinajstić information content (AvgIpc) is 3.01. The maximum atomic E-state index is 12.7. The summed E-state index contributed by atoms with van der Waals surface area (Å²) in [7, 11) is 6.38. The van der Waals surface area contributed by atoms with Gasteiger partial charge in [-0.2, -0.15) is 0 Å². The van der Waals surface area contributed by atoms with Crippen molar-refractivity contribution in [1.29, 1.82) is 0 Å². The highest BCUT2D eigenvalue weighted by Crippen LogP contribution is 2.31. The van der Waals surface area contributed by atoms with Crippen molar-refractivity contribution < 1.29 is 19.1 Å². The first kappa shape index (κ1) is 17.8. The van der Waals surface area contributed by atoms with Crippen LogP contribution in [-0.4, -0.2) is 45.1 Å². The van der Waals surface area contributed by atoms with Crippen molar-refractivity contribution >= 4 is 28.2 Å². The van der Waals surface area contributed by atoms with Gasteiger partial charge in [-0.1, -0.05) is 6.07 Å². The number of carbonyl (C=O) groups is 2. The molecule has 0 atom stereocenters. The first-order valence-electron chi connectivity index (χ1n) is 7.06. The van der Waals surface area contributed by atoms with Crippen LogP contribution in [0.15, 0.2) is 29.6 Å². The minimum Gasteiger partial charge on any atom is -0.496 e. The van der Waals surface area contributed by atoms with Gasteiger partial charge in [-0.3, -0.25) is 15.0 Å². The third-order valence-corrected chi connectivity index (χ3v) is 3.95. The number of anilines is 1. The Hall–Kier alpha value is -2.58. The largest absolute Gasteiger partial charge is 0.496 e. The number of nitrogens with one attached hydrogen (secondary N) is 2. The molecule has 0 aliphatic heterocycles. The summed E-state index contributed by atoms with van der Waals surface area (Å²) >= 11 is 1.26. The molecule has 0 fully saturated rings. The fourth-order valence-corrected chi connectivity index (χ4v) is 2.87. The van der Waals surface area contributed by atoms with Crippen molar-refractivity contribution in [2.45, 2.75) is 0 Å². The molecule has 7 nitrogen and oxygen atoms in total. The first-order chi connectivity index (χ1) is 11.5. The molecule has 1 heterocycles. The van der Waals surface area contributed by atoms with Gasteiger partial charge in [0.2, 0.25) is 0 Å². The molecule has 128 valence electrons. The van der Waals surface area contributed by atoms with Gasteiger partial charge in [-0.05, 0) is 23.6 Å². The molecule has 0 aliphatic rings. The van der Waals surface area contributed by atoms with Crippen LogP contribution in [0.3, 0.4) is 0 Å². The molecule has 2 aromatic rings. The van der Waals surface area contributed by atoms with E-state index in [9.17, 15) is 9.59 Å². The van der Waals surface area contributed by atoms with Crippen LogP contribution in [0.5, 0.6) is 11.5 Å². The van der Waals surface area contributed by atoms with Gasteiger partial charge in [0, 0.05) is 14.1 Å². The van der Waals surface area contributed by atoms with Gasteiger partial charge in [0.1, 0.15) is 22.1 Å². The number of thiophene rings is 1. The predicted octanol–water partition coefficient (Wildman–Crippen LogP) is 2.22. The lowest BCUT2D eigenvalue weighted by Crippen LogP contribution is -2.36. The maximum Gasteiger partial charge on any atom is 0.268 e. The average molecular weight is 349 g/mol. The van der Waals surface area contributed by atoms with Crippen molar-refractivity contribution in [3.63, 3.8) is 0 Å². The molecule has 0 radical (unpaired) electrons. The second-order valence-electron chi connectivity index (χ2n) is 4.99. The van der Waals surface area contributed by atoms with Gasteiger partial charge >= 0.3 is 0 Å². The molecule has 1 aromatic carbocycles. The fraction of sp³-hybridized carbons (Fsp3) is 0.250. The van der Waals surface area contributed by atoms with E-state index in [1.807, 2.05) is 0 Å². The van der Waals surface area contributed by atoms with Gasteiger partial charge in [0.25, 0.3) is 11.8 Å². The van der Waals surface area contributed by atoms with Gasteiger partial charge in [0.05, 0.1) is 19.8 Å². The van der Waals surface area contributed by atoms with Crippen LogP contribution in [0, 0.1) is 0 Å². The maximum absolute atomic E-state index is 12.7. The highest BCUT2D eigenvalue weighted by molar-refractivity contribution is 7.14. The predicted molar refractivity (Wildman–Crippen MR) is 93.0 cm³/mol. The summed E-state index contributed by atoms with van der Waals surface area (Å²) in [4.78, 5) is 24.8. The molecule has 24 heavy (non-hydrogen) atoms. The minimum absolute atomic E-state index is 0.273. The third-order valence-electron chi connectivity index (χ3n) is 3.12. The molecule has 0 unspecified atom stereocenters. The first-order valence-corrected chi connectivity index (χ1v) is 7.94. The molecule has 2 amide bonds.